The molecule has 0 aliphatic carbocycles. The summed E-state index contributed by atoms with van der Waals surface area (Å²) in [5, 5.41) is 35.2. The average molecular weight is 1010 g/mol. The van der Waals surface area contributed by atoms with Crippen molar-refractivity contribution in [1.29, 1.82) is 0 Å². The molecule has 0 unspecified atom stereocenters. The minimum atomic E-state index is -1.18. The molecule has 0 aliphatic rings. The van der Waals surface area contributed by atoms with Crippen LogP contribution in [0.4, 0.5) is 17.1 Å². The Morgan fingerprint density at radius 2 is 0.594 bits per heavy atom. The van der Waals surface area contributed by atoms with Crippen LogP contribution in [-0.2, 0) is 0 Å². The largest absolute Gasteiger partial charge is 0.477 e. The zero-order valence-corrected chi connectivity index (χ0v) is 37.2. The molecular formula is C45H45EuN9O9. The number of pyridine rings is 3. The van der Waals surface area contributed by atoms with Gasteiger partial charge in [0.25, 0.3) is 17.7 Å². The Hall–Kier alpha value is -7.09. The Balaban J connectivity index is 0.000000253. The first kappa shape index (κ1) is 51.3. The first-order valence-electron chi connectivity index (χ1n) is 19.2. The molecule has 0 aliphatic heterocycles. The molecule has 3 aromatic heterocycles. The second kappa shape index (κ2) is 24.5. The van der Waals surface area contributed by atoms with E-state index in [-0.39, 0.29) is 83.5 Å². The van der Waals surface area contributed by atoms with E-state index >= 15 is 0 Å². The van der Waals surface area contributed by atoms with Gasteiger partial charge in [-0.1, -0.05) is 36.4 Å². The van der Waals surface area contributed by atoms with Crippen molar-refractivity contribution in [1.82, 2.24) is 30.9 Å². The van der Waals surface area contributed by atoms with Crippen LogP contribution in [0.3, 0.4) is 0 Å². The van der Waals surface area contributed by atoms with Gasteiger partial charge < -0.3 is 48.5 Å². The number of carboxylic acid groups (broad SMARTS) is 3. The fraction of sp³-hybridized carbons (Fsp3) is 0.133. The van der Waals surface area contributed by atoms with Crippen molar-refractivity contribution in [2.45, 2.75) is 20.8 Å². The van der Waals surface area contributed by atoms with Crippen molar-refractivity contribution in [2.24, 2.45) is 0 Å². The third kappa shape index (κ3) is 14.8. The molecule has 0 saturated heterocycles. The summed E-state index contributed by atoms with van der Waals surface area (Å²) in [5.74, 6) is -4.76. The van der Waals surface area contributed by atoms with E-state index < -0.39 is 35.6 Å². The molecule has 331 valence electrons. The van der Waals surface area contributed by atoms with Crippen molar-refractivity contribution in [3.05, 3.63) is 143 Å². The van der Waals surface area contributed by atoms with Crippen LogP contribution in [-0.4, -0.2) is 85.5 Å². The molecule has 6 aromatic rings. The number of nitrogens with two attached hydrogens (primary N) is 3. The summed E-state index contributed by atoms with van der Waals surface area (Å²) in [7, 11) is 0. The van der Waals surface area contributed by atoms with Crippen LogP contribution >= 0.6 is 0 Å². The zero-order chi connectivity index (χ0) is 46.2. The summed E-state index contributed by atoms with van der Waals surface area (Å²) in [6, 6.07) is 29.8. The number of hydrogen-bond donors (Lipinski definition) is 9. The van der Waals surface area contributed by atoms with E-state index in [4.69, 9.17) is 32.5 Å². The zero-order valence-electron chi connectivity index (χ0n) is 34.8. The topological polar surface area (TPSA) is 316 Å². The molecule has 12 N–H and O–H groups in total. The molecule has 0 fully saturated rings. The standard InChI is InChI=1S/3C15H15N3O3.Eu/c3*1-2-17-14(19)12-7-10(8-13(18-12)15(20)21)9-3-5-11(16)6-4-9;/h3*3-8H,2,16H2,1H3,(H,17,19)(H,20,21);. The number of aromatic nitrogens is 3. The predicted octanol–water partition coefficient (Wildman–Crippen LogP) is 5.34. The van der Waals surface area contributed by atoms with Crippen LogP contribution < -0.4 is 33.2 Å². The molecule has 0 spiro atoms. The first-order chi connectivity index (χ1) is 30.0. The maximum Gasteiger partial charge on any atom is 0.354 e. The van der Waals surface area contributed by atoms with Crippen LogP contribution in [0.1, 0.15) is 83.7 Å². The number of aromatic carboxylic acids is 3. The van der Waals surface area contributed by atoms with Gasteiger partial charge in [0.05, 0.1) is 0 Å². The summed E-state index contributed by atoms with van der Waals surface area (Å²) in [4.78, 5) is 80.7. The minimum Gasteiger partial charge on any atom is -0.477 e. The number of carbonyl (C=O) groups is 6. The molecule has 1 radical (unpaired) electrons. The molecule has 18 nitrogen and oxygen atoms in total. The second-order valence-electron chi connectivity index (χ2n) is 13.2. The maximum absolute atomic E-state index is 11.9. The molecule has 3 amide bonds. The van der Waals surface area contributed by atoms with Crippen LogP contribution in [0.15, 0.2) is 109 Å². The average Bonchev–Trinajstić information content (AvgIpc) is 3.27. The second-order valence-corrected chi connectivity index (χ2v) is 13.2. The third-order valence-corrected chi connectivity index (χ3v) is 8.58. The molecule has 0 saturated carbocycles. The Labute approximate surface area is 408 Å². The maximum atomic E-state index is 11.9. The van der Waals surface area contributed by atoms with E-state index in [2.05, 4.69) is 30.9 Å². The third-order valence-electron chi connectivity index (χ3n) is 8.58. The number of carbonyl (C=O) groups excluding carboxylic acids is 3. The van der Waals surface area contributed by atoms with Gasteiger partial charge in [-0.2, -0.15) is 0 Å². The summed E-state index contributed by atoms with van der Waals surface area (Å²) in [5.41, 5.74) is 22.5. The summed E-state index contributed by atoms with van der Waals surface area (Å²) >= 11 is 0. The van der Waals surface area contributed by atoms with Crippen molar-refractivity contribution in [3.63, 3.8) is 0 Å². The van der Waals surface area contributed by atoms with E-state index in [1.807, 2.05) is 0 Å². The smallest absolute Gasteiger partial charge is 0.354 e. The molecular weight excluding hydrogens is 963 g/mol. The van der Waals surface area contributed by atoms with E-state index in [1.54, 1.807) is 112 Å². The SMILES string of the molecule is CCNC(=O)c1cc(-c2ccc(N)cc2)cc(C(=O)O)n1.CCNC(=O)c1cc(-c2ccc(N)cc2)cc(C(=O)O)n1.CCNC(=O)c1cc(-c2ccc(N)cc2)cc(C(=O)O)n1.[Eu]. The number of amides is 3. The van der Waals surface area contributed by atoms with Crippen LogP contribution in [0.25, 0.3) is 33.4 Å². The number of carboxylic acids is 3. The van der Waals surface area contributed by atoms with Gasteiger partial charge in [0.2, 0.25) is 0 Å². The fourth-order valence-corrected chi connectivity index (χ4v) is 5.55. The van der Waals surface area contributed by atoms with Crippen molar-refractivity contribution in [3.8, 4) is 33.4 Å². The van der Waals surface area contributed by atoms with Gasteiger partial charge in [0.1, 0.15) is 34.2 Å². The number of nitrogen functional groups attached to an aromatic ring is 3. The molecule has 3 aromatic carbocycles. The number of anilines is 3. The Bertz CT molecular complexity index is 2340. The van der Waals surface area contributed by atoms with Gasteiger partial charge in [0, 0.05) is 86.1 Å². The van der Waals surface area contributed by atoms with Gasteiger partial charge >= 0.3 is 17.9 Å². The number of rotatable bonds is 12. The van der Waals surface area contributed by atoms with Crippen molar-refractivity contribution >= 4 is 52.7 Å². The summed E-state index contributed by atoms with van der Waals surface area (Å²) < 4.78 is 0. The van der Waals surface area contributed by atoms with Crippen LogP contribution in [0, 0.1) is 49.4 Å². The molecule has 0 bridgehead atoms. The van der Waals surface area contributed by atoms with Crippen LogP contribution in [0.2, 0.25) is 0 Å². The van der Waals surface area contributed by atoms with Gasteiger partial charge in [-0.15, -0.1) is 0 Å². The van der Waals surface area contributed by atoms with Crippen molar-refractivity contribution < 1.29 is 93.5 Å². The van der Waals surface area contributed by atoms with Gasteiger partial charge in [-0.05, 0) is 127 Å². The van der Waals surface area contributed by atoms with E-state index in [1.165, 1.54) is 18.2 Å². The van der Waals surface area contributed by atoms with E-state index in [0.29, 0.717) is 53.4 Å². The first-order valence-corrected chi connectivity index (χ1v) is 19.2. The number of nitrogens with one attached hydrogen (secondary N) is 3. The van der Waals surface area contributed by atoms with Gasteiger partial charge in [-0.3, -0.25) is 14.4 Å². The predicted molar refractivity (Wildman–Crippen MR) is 237 cm³/mol. The quantitative estimate of drug-likeness (QED) is 0.0699. The van der Waals surface area contributed by atoms with E-state index in [0.717, 1.165) is 16.7 Å². The molecule has 3 heterocycles. The summed E-state index contributed by atoms with van der Waals surface area (Å²) in [6.45, 7) is 6.65. The molecule has 19 heteroatoms. The molecule has 6 rings (SSSR count). The summed E-state index contributed by atoms with van der Waals surface area (Å²) in [6.07, 6.45) is 0. The Kier molecular flexibility index (Phi) is 19.6. The molecule has 0 atom stereocenters. The Morgan fingerprint density at radius 1 is 0.391 bits per heavy atom. The molecule has 64 heavy (non-hydrogen) atoms. The monoisotopic (exact) mass is 1010 g/mol. The van der Waals surface area contributed by atoms with E-state index in [9.17, 15) is 28.8 Å². The number of nitrogens with zero attached hydrogens (tertiary/aromatic N) is 3. The fourth-order valence-electron chi connectivity index (χ4n) is 5.55. The van der Waals surface area contributed by atoms with Gasteiger partial charge in [0.15, 0.2) is 0 Å². The number of hydrogen-bond acceptors (Lipinski definition) is 12. The van der Waals surface area contributed by atoms with Gasteiger partial charge in [-0.25, -0.2) is 29.3 Å². The number of benzene rings is 3. The van der Waals surface area contributed by atoms with Crippen molar-refractivity contribution in [2.75, 3.05) is 36.8 Å². The minimum absolute atomic E-state index is 0. The van der Waals surface area contributed by atoms with Crippen LogP contribution in [0.5, 0.6) is 0 Å². The normalized spacial score (nSPS) is 9.98. The Morgan fingerprint density at radius 3 is 0.781 bits per heavy atom.